The molecule has 0 unspecified atom stereocenters. The Hall–Kier alpha value is -3.07. The lowest BCUT2D eigenvalue weighted by Crippen LogP contribution is -2.40. The van der Waals surface area contributed by atoms with Crippen LogP contribution in [0, 0.1) is 0 Å². The summed E-state index contributed by atoms with van der Waals surface area (Å²) in [6.45, 7) is 0.333. The summed E-state index contributed by atoms with van der Waals surface area (Å²) in [6.07, 6.45) is 1.34. The van der Waals surface area contributed by atoms with Gasteiger partial charge in [-0.05, 0) is 48.4 Å². The number of anilines is 2. The highest BCUT2D eigenvalue weighted by Gasteiger charge is 2.29. The second-order valence-corrected chi connectivity index (χ2v) is 10.6. The summed E-state index contributed by atoms with van der Waals surface area (Å²) in [7, 11) is -4.11. The van der Waals surface area contributed by atoms with Crippen LogP contribution in [0.4, 0.5) is 11.4 Å². The average Bonchev–Trinajstić information content (AvgIpc) is 3.29. The van der Waals surface area contributed by atoms with Crippen LogP contribution in [0.25, 0.3) is 0 Å². The van der Waals surface area contributed by atoms with Gasteiger partial charge in [0.1, 0.15) is 6.54 Å². The number of rotatable bonds is 8. The first kappa shape index (κ1) is 25.0. The van der Waals surface area contributed by atoms with E-state index >= 15 is 0 Å². The maximum atomic E-state index is 13.4. The molecule has 7 nitrogen and oxygen atoms in total. The van der Waals surface area contributed by atoms with Gasteiger partial charge in [0.25, 0.3) is 10.0 Å². The normalized spacial score (nSPS) is 13.7. The SMILES string of the molecule is O=C(CN(c1cccc(Cl)c1Cl)S(=O)(=O)c1ccccc1)NCc1cccc(N2CCCC2=O)c1. The van der Waals surface area contributed by atoms with Gasteiger partial charge in [0.15, 0.2) is 0 Å². The zero-order valence-corrected chi connectivity index (χ0v) is 21.0. The van der Waals surface area contributed by atoms with Crippen LogP contribution in [0.15, 0.2) is 77.7 Å². The summed E-state index contributed by atoms with van der Waals surface area (Å²) in [5.74, 6) is -0.449. The van der Waals surface area contributed by atoms with E-state index in [0.717, 1.165) is 22.0 Å². The fourth-order valence-electron chi connectivity index (χ4n) is 3.85. The molecular weight excluding hydrogens is 509 g/mol. The van der Waals surface area contributed by atoms with Crippen molar-refractivity contribution in [2.75, 3.05) is 22.3 Å². The molecule has 0 saturated carbocycles. The quantitative estimate of drug-likeness (QED) is 0.459. The molecule has 3 aromatic carbocycles. The fraction of sp³-hybridized carbons (Fsp3) is 0.200. The number of halogens is 2. The van der Waals surface area contributed by atoms with E-state index in [0.29, 0.717) is 13.0 Å². The summed E-state index contributed by atoms with van der Waals surface area (Å²) in [5, 5.41) is 2.97. The van der Waals surface area contributed by atoms with Crippen LogP contribution < -0.4 is 14.5 Å². The van der Waals surface area contributed by atoms with Crippen molar-refractivity contribution in [1.82, 2.24) is 5.32 Å². The first-order chi connectivity index (χ1) is 16.8. The molecule has 4 rings (SSSR count). The van der Waals surface area contributed by atoms with Crippen LogP contribution in [0.5, 0.6) is 0 Å². The number of hydrogen-bond acceptors (Lipinski definition) is 4. The Morgan fingerprint density at radius 1 is 1.00 bits per heavy atom. The molecule has 0 bridgehead atoms. The molecule has 0 atom stereocenters. The van der Waals surface area contributed by atoms with Gasteiger partial charge in [0.05, 0.1) is 20.6 Å². The lowest BCUT2D eigenvalue weighted by Gasteiger charge is -2.25. The Balaban J connectivity index is 1.54. The summed E-state index contributed by atoms with van der Waals surface area (Å²) < 4.78 is 27.8. The molecule has 1 aliphatic rings. The molecule has 1 aliphatic heterocycles. The fourth-order valence-corrected chi connectivity index (χ4v) is 5.75. The van der Waals surface area contributed by atoms with Crippen molar-refractivity contribution >= 4 is 56.4 Å². The van der Waals surface area contributed by atoms with Gasteiger partial charge >= 0.3 is 0 Å². The third kappa shape index (κ3) is 5.61. The lowest BCUT2D eigenvalue weighted by molar-refractivity contribution is -0.120. The highest BCUT2D eigenvalue weighted by atomic mass is 35.5. The van der Waals surface area contributed by atoms with Crippen molar-refractivity contribution < 1.29 is 18.0 Å². The number of nitrogens with one attached hydrogen (secondary N) is 1. The molecule has 0 aromatic heterocycles. The van der Waals surface area contributed by atoms with Crippen LogP contribution in [0.2, 0.25) is 10.0 Å². The maximum Gasteiger partial charge on any atom is 0.264 e. The van der Waals surface area contributed by atoms with Crippen molar-refractivity contribution in [1.29, 1.82) is 0 Å². The highest BCUT2D eigenvalue weighted by Crippen LogP contribution is 2.35. The highest BCUT2D eigenvalue weighted by molar-refractivity contribution is 7.92. The number of sulfonamides is 1. The third-order valence-corrected chi connectivity index (χ3v) is 8.19. The van der Waals surface area contributed by atoms with Crippen molar-refractivity contribution in [3.63, 3.8) is 0 Å². The van der Waals surface area contributed by atoms with E-state index in [4.69, 9.17) is 23.2 Å². The Kier molecular flexibility index (Phi) is 7.64. The van der Waals surface area contributed by atoms with Crippen LogP contribution in [-0.4, -0.2) is 33.3 Å². The van der Waals surface area contributed by atoms with Gasteiger partial charge in [-0.3, -0.25) is 13.9 Å². The Bertz CT molecular complexity index is 1350. The molecule has 0 spiro atoms. The van der Waals surface area contributed by atoms with Crippen LogP contribution in [0.3, 0.4) is 0 Å². The van der Waals surface area contributed by atoms with E-state index in [2.05, 4.69) is 5.32 Å². The Labute approximate surface area is 214 Å². The minimum absolute atomic E-state index is 0.0202. The number of benzene rings is 3. The van der Waals surface area contributed by atoms with Crippen LogP contribution >= 0.6 is 23.2 Å². The topological polar surface area (TPSA) is 86.8 Å². The van der Waals surface area contributed by atoms with Gasteiger partial charge in [-0.25, -0.2) is 8.42 Å². The molecule has 1 N–H and O–H groups in total. The monoisotopic (exact) mass is 531 g/mol. The lowest BCUT2D eigenvalue weighted by atomic mass is 10.2. The first-order valence-corrected chi connectivity index (χ1v) is 13.1. The van der Waals surface area contributed by atoms with Gasteiger partial charge < -0.3 is 10.2 Å². The molecule has 35 heavy (non-hydrogen) atoms. The average molecular weight is 532 g/mol. The van der Waals surface area contributed by atoms with Crippen LogP contribution in [-0.2, 0) is 26.2 Å². The Morgan fingerprint density at radius 2 is 1.74 bits per heavy atom. The van der Waals surface area contributed by atoms with Gasteiger partial charge in [-0.2, -0.15) is 0 Å². The minimum atomic E-state index is -4.11. The number of amides is 2. The van der Waals surface area contributed by atoms with Crippen LogP contribution in [0.1, 0.15) is 18.4 Å². The molecule has 0 aliphatic carbocycles. The number of carbonyl (C=O) groups is 2. The molecule has 182 valence electrons. The molecule has 10 heteroatoms. The summed E-state index contributed by atoms with van der Waals surface area (Å²) >= 11 is 12.5. The second-order valence-electron chi connectivity index (χ2n) is 7.99. The van der Waals surface area contributed by atoms with Crippen molar-refractivity contribution in [3.05, 3.63) is 88.4 Å². The molecule has 1 fully saturated rings. The van der Waals surface area contributed by atoms with Crippen molar-refractivity contribution in [3.8, 4) is 0 Å². The van der Waals surface area contributed by atoms with E-state index in [-0.39, 0.29) is 33.1 Å². The zero-order chi connectivity index (χ0) is 25.0. The van der Waals surface area contributed by atoms with Crippen molar-refractivity contribution in [2.45, 2.75) is 24.3 Å². The van der Waals surface area contributed by atoms with Gasteiger partial charge in [-0.1, -0.05) is 59.6 Å². The predicted octanol–water partition coefficient (Wildman–Crippen LogP) is 4.63. The predicted molar refractivity (Wildman–Crippen MR) is 137 cm³/mol. The number of nitrogens with zero attached hydrogens (tertiary/aromatic N) is 2. The molecule has 2 amide bonds. The molecule has 3 aromatic rings. The van der Waals surface area contributed by atoms with E-state index in [9.17, 15) is 18.0 Å². The molecular formula is C25H23Cl2N3O4S. The smallest absolute Gasteiger partial charge is 0.264 e. The van der Waals surface area contributed by atoms with Gasteiger partial charge in [-0.15, -0.1) is 0 Å². The van der Waals surface area contributed by atoms with E-state index in [1.54, 1.807) is 35.2 Å². The first-order valence-electron chi connectivity index (χ1n) is 10.9. The van der Waals surface area contributed by atoms with E-state index < -0.39 is 22.5 Å². The van der Waals surface area contributed by atoms with Crippen molar-refractivity contribution in [2.24, 2.45) is 0 Å². The standard InChI is InChI=1S/C25H23Cl2N3O4S/c26-21-11-5-12-22(25(21)27)30(35(33,34)20-9-2-1-3-10-20)17-23(31)28-16-18-7-4-8-19(15-18)29-14-6-13-24(29)32/h1-5,7-12,15H,6,13-14,16-17H2,(H,28,31). The largest absolute Gasteiger partial charge is 0.350 e. The summed E-state index contributed by atoms with van der Waals surface area (Å²) in [4.78, 5) is 26.7. The summed E-state index contributed by atoms with van der Waals surface area (Å²) in [6, 6.07) is 19.7. The third-order valence-electron chi connectivity index (χ3n) is 5.60. The molecule has 0 radical (unpaired) electrons. The number of carbonyl (C=O) groups excluding carboxylic acids is 2. The van der Waals surface area contributed by atoms with Gasteiger partial charge in [0.2, 0.25) is 11.8 Å². The van der Waals surface area contributed by atoms with E-state index in [1.807, 2.05) is 24.3 Å². The Morgan fingerprint density at radius 3 is 2.46 bits per heavy atom. The molecule has 1 saturated heterocycles. The number of hydrogen-bond donors (Lipinski definition) is 1. The maximum absolute atomic E-state index is 13.4. The molecule has 1 heterocycles. The van der Waals surface area contributed by atoms with Gasteiger partial charge in [0, 0.05) is 25.2 Å². The minimum Gasteiger partial charge on any atom is -0.350 e. The second kappa shape index (κ2) is 10.7. The summed E-state index contributed by atoms with van der Waals surface area (Å²) in [5.41, 5.74) is 1.67. The van der Waals surface area contributed by atoms with E-state index in [1.165, 1.54) is 18.2 Å². The zero-order valence-electron chi connectivity index (χ0n) is 18.7.